The third-order valence-electron chi connectivity index (χ3n) is 5.25. The minimum Gasteiger partial charge on any atom is -0.504 e. The van der Waals surface area contributed by atoms with E-state index >= 15 is 0 Å². The van der Waals surface area contributed by atoms with Crippen molar-refractivity contribution >= 4 is 16.9 Å². The number of carbonyl (C=O) groups excluding carboxylic acids is 1. The largest absolute Gasteiger partial charge is 0.504 e. The predicted molar refractivity (Wildman–Crippen MR) is 116 cm³/mol. The molecule has 4 rings (SSSR count). The van der Waals surface area contributed by atoms with E-state index in [2.05, 4.69) is 4.98 Å². The Balaban J connectivity index is 2.09. The molecule has 2 heterocycles. The van der Waals surface area contributed by atoms with E-state index in [4.69, 9.17) is 9.15 Å². The molecule has 0 spiro atoms. The zero-order chi connectivity index (χ0) is 22.8. The van der Waals surface area contributed by atoms with Crippen molar-refractivity contribution in [1.82, 2.24) is 4.98 Å². The van der Waals surface area contributed by atoms with Crippen molar-refractivity contribution < 1.29 is 29.3 Å². The summed E-state index contributed by atoms with van der Waals surface area (Å²) in [5.41, 5.74) is 0.361. The first-order chi connectivity index (χ1) is 15.4. The van der Waals surface area contributed by atoms with E-state index in [1.165, 1.54) is 25.6 Å². The highest BCUT2D eigenvalue weighted by atomic mass is 16.5. The Morgan fingerprint density at radius 3 is 2.38 bits per heavy atom. The van der Waals surface area contributed by atoms with Crippen molar-refractivity contribution in [2.24, 2.45) is 0 Å². The van der Waals surface area contributed by atoms with Crippen LogP contribution < -0.4 is 5.43 Å². The molecule has 1 atom stereocenters. The van der Waals surface area contributed by atoms with Gasteiger partial charge in [-0.3, -0.25) is 14.6 Å². The summed E-state index contributed by atoms with van der Waals surface area (Å²) in [4.78, 5) is 29.1. The van der Waals surface area contributed by atoms with E-state index < -0.39 is 34.6 Å². The maximum Gasteiger partial charge on any atom is 0.306 e. The summed E-state index contributed by atoms with van der Waals surface area (Å²) in [5.74, 6) is -3.64. The van der Waals surface area contributed by atoms with E-state index in [-0.39, 0.29) is 28.7 Å². The molecule has 8 heteroatoms. The molecule has 0 aliphatic heterocycles. The fourth-order valence-electron chi connectivity index (χ4n) is 3.67. The quantitative estimate of drug-likeness (QED) is 0.321. The molecule has 0 bridgehead atoms. The van der Waals surface area contributed by atoms with Crippen LogP contribution in [0.4, 0.5) is 0 Å². The molecule has 32 heavy (non-hydrogen) atoms. The minimum atomic E-state index is -0.879. The van der Waals surface area contributed by atoms with Crippen molar-refractivity contribution in [2.45, 2.75) is 12.3 Å². The van der Waals surface area contributed by atoms with E-state index in [1.807, 2.05) is 0 Å². The number of pyridine rings is 1. The molecular weight excluding hydrogens is 414 g/mol. The van der Waals surface area contributed by atoms with E-state index in [9.17, 15) is 24.9 Å². The Morgan fingerprint density at radius 1 is 1.03 bits per heavy atom. The second kappa shape index (κ2) is 8.43. The van der Waals surface area contributed by atoms with Crippen LogP contribution in [0, 0.1) is 0 Å². The standard InChI is InChI=1S/C24H19NO7/c1-31-18(27)11-15(13-7-9-25-10-8-13)19-21(28)23(30)22(29)20-16(26)12-17(32-24(19)20)14-5-3-2-4-6-14/h2-10,12,15,28-30H,11H2,1H3/t15-/m1/s1. The lowest BCUT2D eigenvalue weighted by atomic mass is 9.86. The average Bonchev–Trinajstić information content (AvgIpc) is 2.82. The van der Waals surface area contributed by atoms with Gasteiger partial charge in [-0.25, -0.2) is 0 Å². The smallest absolute Gasteiger partial charge is 0.306 e. The van der Waals surface area contributed by atoms with Crippen LogP contribution in [0.2, 0.25) is 0 Å². The second-order valence-electron chi connectivity index (χ2n) is 7.12. The van der Waals surface area contributed by atoms with Crippen LogP contribution >= 0.6 is 0 Å². The van der Waals surface area contributed by atoms with Gasteiger partial charge in [0.15, 0.2) is 16.9 Å². The van der Waals surface area contributed by atoms with Gasteiger partial charge in [-0.15, -0.1) is 0 Å². The summed E-state index contributed by atoms with van der Waals surface area (Å²) >= 11 is 0. The molecule has 2 aromatic heterocycles. The lowest BCUT2D eigenvalue weighted by Crippen LogP contribution is -2.12. The Kier molecular flexibility index (Phi) is 5.51. The highest BCUT2D eigenvalue weighted by Gasteiger charge is 2.31. The SMILES string of the molecule is COC(=O)C[C@H](c1ccncc1)c1c(O)c(O)c(O)c2c(=O)cc(-c3ccccc3)oc12. The summed E-state index contributed by atoms with van der Waals surface area (Å²) in [6.45, 7) is 0. The van der Waals surface area contributed by atoms with Gasteiger partial charge < -0.3 is 24.5 Å². The van der Waals surface area contributed by atoms with E-state index in [0.717, 1.165) is 0 Å². The predicted octanol–water partition coefficient (Wildman–Crippen LogP) is 3.67. The molecule has 3 N–H and O–H groups in total. The third-order valence-corrected chi connectivity index (χ3v) is 5.25. The number of esters is 1. The molecule has 0 unspecified atom stereocenters. The summed E-state index contributed by atoms with van der Waals surface area (Å²) in [5, 5.41) is 31.3. The number of carbonyl (C=O) groups is 1. The number of aromatic hydroxyl groups is 3. The number of ether oxygens (including phenoxy) is 1. The number of phenolic OH excluding ortho intramolecular Hbond substituents is 3. The number of hydrogen-bond acceptors (Lipinski definition) is 8. The number of rotatable bonds is 5. The van der Waals surface area contributed by atoms with Gasteiger partial charge in [0.25, 0.3) is 0 Å². The minimum absolute atomic E-state index is 0.0261. The zero-order valence-electron chi connectivity index (χ0n) is 17.0. The fourth-order valence-corrected chi connectivity index (χ4v) is 3.67. The van der Waals surface area contributed by atoms with Crippen molar-refractivity contribution in [2.75, 3.05) is 7.11 Å². The zero-order valence-corrected chi connectivity index (χ0v) is 17.0. The molecule has 0 fully saturated rings. The monoisotopic (exact) mass is 433 g/mol. The lowest BCUT2D eigenvalue weighted by molar-refractivity contribution is -0.140. The van der Waals surface area contributed by atoms with E-state index in [0.29, 0.717) is 11.1 Å². The fraction of sp³-hybridized carbons (Fsp3) is 0.125. The van der Waals surface area contributed by atoms with Gasteiger partial charge in [-0.2, -0.15) is 0 Å². The van der Waals surface area contributed by atoms with Crippen LogP contribution in [-0.4, -0.2) is 33.4 Å². The van der Waals surface area contributed by atoms with Crippen LogP contribution in [0.5, 0.6) is 17.2 Å². The van der Waals surface area contributed by atoms with Gasteiger partial charge in [-0.1, -0.05) is 30.3 Å². The lowest BCUT2D eigenvalue weighted by Gasteiger charge is -2.20. The number of aromatic nitrogens is 1. The van der Waals surface area contributed by atoms with Crippen LogP contribution in [-0.2, 0) is 9.53 Å². The number of hydrogen-bond donors (Lipinski definition) is 3. The van der Waals surface area contributed by atoms with Gasteiger partial charge in [0.05, 0.1) is 13.5 Å². The summed E-state index contributed by atoms with van der Waals surface area (Å²) < 4.78 is 10.8. The summed E-state index contributed by atoms with van der Waals surface area (Å²) in [6, 6.07) is 13.3. The molecular formula is C24H19NO7. The summed E-state index contributed by atoms with van der Waals surface area (Å²) in [7, 11) is 1.23. The molecule has 0 aliphatic rings. The Hall–Kier alpha value is -4.33. The molecule has 0 amide bonds. The number of benzene rings is 2. The van der Waals surface area contributed by atoms with Crippen LogP contribution in [0.25, 0.3) is 22.3 Å². The molecule has 2 aromatic carbocycles. The number of fused-ring (bicyclic) bond motifs is 1. The third kappa shape index (κ3) is 3.62. The Labute approximate surface area is 182 Å². The number of nitrogens with zero attached hydrogens (tertiary/aromatic N) is 1. The van der Waals surface area contributed by atoms with Gasteiger partial charge in [0, 0.05) is 35.5 Å². The molecule has 0 radical (unpaired) electrons. The van der Waals surface area contributed by atoms with Gasteiger partial charge in [-0.05, 0) is 17.7 Å². The first-order valence-electron chi connectivity index (χ1n) is 9.69. The molecule has 4 aromatic rings. The van der Waals surface area contributed by atoms with E-state index in [1.54, 1.807) is 42.5 Å². The Bertz CT molecular complexity index is 1350. The maximum atomic E-state index is 12.9. The van der Waals surface area contributed by atoms with Gasteiger partial charge in [0.2, 0.25) is 5.75 Å². The molecule has 162 valence electrons. The number of methoxy groups -OCH3 is 1. The van der Waals surface area contributed by atoms with Crippen LogP contribution in [0.15, 0.2) is 70.1 Å². The van der Waals surface area contributed by atoms with Crippen molar-refractivity contribution in [3.05, 3.63) is 82.3 Å². The second-order valence-corrected chi connectivity index (χ2v) is 7.12. The molecule has 0 saturated carbocycles. The van der Waals surface area contributed by atoms with Crippen molar-refractivity contribution in [3.8, 4) is 28.6 Å². The average molecular weight is 433 g/mol. The maximum absolute atomic E-state index is 12.9. The van der Waals surface area contributed by atoms with Crippen molar-refractivity contribution in [1.29, 1.82) is 0 Å². The van der Waals surface area contributed by atoms with Crippen LogP contribution in [0.3, 0.4) is 0 Å². The van der Waals surface area contributed by atoms with Crippen LogP contribution in [0.1, 0.15) is 23.5 Å². The summed E-state index contributed by atoms with van der Waals surface area (Å²) in [6.07, 6.45) is 2.78. The number of phenols is 3. The molecule has 0 aliphatic carbocycles. The highest BCUT2D eigenvalue weighted by Crippen LogP contribution is 2.49. The Morgan fingerprint density at radius 2 is 1.72 bits per heavy atom. The van der Waals surface area contributed by atoms with Crippen molar-refractivity contribution in [3.63, 3.8) is 0 Å². The topological polar surface area (TPSA) is 130 Å². The van der Waals surface area contributed by atoms with Gasteiger partial charge >= 0.3 is 5.97 Å². The highest BCUT2D eigenvalue weighted by molar-refractivity contribution is 5.93. The first kappa shape index (κ1) is 20.9. The molecule has 8 nitrogen and oxygen atoms in total. The van der Waals surface area contributed by atoms with Gasteiger partial charge in [0.1, 0.15) is 16.7 Å². The first-order valence-corrected chi connectivity index (χ1v) is 9.69. The molecule has 0 saturated heterocycles. The normalized spacial score (nSPS) is 11.9.